The number of benzene rings is 1. The average molecular weight is 338 g/mol. The topological polar surface area (TPSA) is 71.9 Å². The van der Waals surface area contributed by atoms with Crippen LogP contribution in [0.15, 0.2) is 42.3 Å². The molecule has 0 spiro atoms. The van der Waals surface area contributed by atoms with Crippen LogP contribution in [0.5, 0.6) is 11.5 Å². The van der Waals surface area contributed by atoms with Crippen LogP contribution in [-0.2, 0) is 11.3 Å². The summed E-state index contributed by atoms with van der Waals surface area (Å²) < 4.78 is 11.2. The zero-order chi connectivity index (χ0) is 17.2. The van der Waals surface area contributed by atoms with Crippen molar-refractivity contribution >= 4 is 11.9 Å². The maximum Gasteiger partial charge on any atom is 0.232 e. The highest BCUT2D eigenvalue weighted by molar-refractivity contribution is 6.14. The van der Waals surface area contributed by atoms with Crippen molar-refractivity contribution in [2.45, 2.75) is 6.54 Å². The zero-order valence-corrected chi connectivity index (χ0v) is 13.6. The van der Waals surface area contributed by atoms with Gasteiger partial charge in [0.25, 0.3) is 0 Å². The molecule has 0 bridgehead atoms. The number of phenols is 1. The molecular weight excluding hydrogens is 320 g/mol. The smallest absolute Gasteiger partial charge is 0.232 e. The van der Waals surface area contributed by atoms with Crippen LogP contribution in [-0.4, -0.2) is 47.1 Å². The fourth-order valence-electron chi connectivity index (χ4n) is 3.03. The number of hydrogen-bond acceptors (Lipinski definition) is 6. The van der Waals surface area contributed by atoms with Gasteiger partial charge in [0.15, 0.2) is 5.76 Å². The quantitative estimate of drug-likeness (QED) is 0.866. The maximum atomic E-state index is 12.6. The van der Waals surface area contributed by atoms with Gasteiger partial charge in [-0.3, -0.25) is 14.7 Å². The first kappa shape index (κ1) is 15.8. The fourth-order valence-corrected chi connectivity index (χ4v) is 3.03. The average Bonchev–Trinajstić information content (AvgIpc) is 2.95. The van der Waals surface area contributed by atoms with Crippen molar-refractivity contribution in [1.82, 2.24) is 9.88 Å². The first-order valence-electron chi connectivity index (χ1n) is 8.22. The summed E-state index contributed by atoms with van der Waals surface area (Å²) in [5.41, 5.74) is 1.76. The van der Waals surface area contributed by atoms with Crippen LogP contribution in [0, 0.1) is 0 Å². The number of aromatic hydroxyl groups is 1. The molecule has 6 nitrogen and oxygen atoms in total. The molecular formula is C19H18N2O4. The minimum atomic E-state index is -0.191. The third-order valence-corrected chi connectivity index (χ3v) is 4.37. The molecule has 1 N–H and O–H groups in total. The number of allylic oxidation sites excluding steroid dienone is 1. The van der Waals surface area contributed by atoms with Crippen LogP contribution in [0.1, 0.15) is 21.6 Å². The van der Waals surface area contributed by atoms with Crippen LogP contribution in [0.2, 0.25) is 0 Å². The normalized spacial score (nSPS) is 19.0. The fraction of sp³-hybridized carbons (Fsp3) is 0.263. The van der Waals surface area contributed by atoms with Gasteiger partial charge in [-0.2, -0.15) is 0 Å². The van der Waals surface area contributed by atoms with E-state index in [1.165, 1.54) is 0 Å². The summed E-state index contributed by atoms with van der Waals surface area (Å²) in [5, 5.41) is 10.3. The van der Waals surface area contributed by atoms with Crippen molar-refractivity contribution in [3.8, 4) is 11.5 Å². The van der Waals surface area contributed by atoms with Crippen molar-refractivity contribution in [3.63, 3.8) is 0 Å². The summed E-state index contributed by atoms with van der Waals surface area (Å²) in [6, 6.07) is 8.63. The van der Waals surface area contributed by atoms with Crippen LogP contribution in [0.3, 0.4) is 0 Å². The summed E-state index contributed by atoms with van der Waals surface area (Å²) in [6.45, 7) is 3.42. The van der Waals surface area contributed by atoms with Crippen molar-refractivity contribution in [2.75, 3.05) is 26.3 Å². The Hall–Kier alpha value is -2.70. The van der Waals surface area contributed by atoms with E-state index in [2.05, 4.69) is 9.88 Å². The second kappa shape index (κ2) is 6.66. The predicted octanol–water partition coefficient (Wildman–Crippen LogP) is 2.24. The van der Waals surface area contributed by atoms with E-state index in [9.17, 15) is 9.90 Å². The minimum Gasteiger partial charge on any atom is -0.507 e. The van der Waals surface area contributed by atoms with Crippen molar-refractivity contribution in [1.29, 1.82) is 0 Å². The Morgan fingerprint density at radius 3 is 2.80 bits per heavy atom. The molecule has 2 aliphatic heterocycles. The molecule has 0 unspecified atom stereocenters. The highest BCUT2D eigenvalue weighted by Gasteiger charge is 2.32. The van der Waals surface area contributed by atoms with E-state index in [1.807, 2.05) is 12.1 Å². The molecule has 0 aliphatic carbocycles. The number of pyridine rings is 1. The Bertz CT molecular complexity index is 827. The number of carbonyl (C=O) groups excluding carboxylic acids is 1. The Morgan fingerprint density at radius 1 is 1.20 bits per heavy atom. The number of aromatic nitrogens is 1. The van der Waals surface area contributed by atoms with Gasteiger partial charge >= 0.3 is 0 Å². The summed E-state index contributed by atoms with van der Waals surface area (Å²) in [7, 11) is 0. The Morgan fingerprint density at radius 2 is 2.04 bits per heavy atom. The molecule has 0 saturated carbocycles. The number of Topliss-reactive ketones (excluding diaryl/α,β-unsaturated/α-hetero) is 1. The third-order valence-electron chi connectivity index (χ3n) is 4.37. The second-order valence-electron chi connectivity index (χ2n) is 6.02. The van der Waals surface area contributed by atoms with Crippen LogP contribution < -0.4 is 4.74 Å². The lowest BCUT2D eigenvalue weighted by Crippen LogP contribution is -2.35. The molecule has 1 fully saturated rings. The van der Waals surface area contributed by atoms with E-state index in [4.69, 9.17) is 9.47 Å². The molecule has 25 heavy (non-hydrogen) atoms. The monoisotopic (exact) mass is 338 g/mol. The van der Waals surface area contributed by atoms with E-state index < -0.39 is 0 Å². The number of morpholine rings is 1. The van der Waals surface area contributed by atoms with E-state index in [1.54, 1.807) is 30.5 Å². The molecule has 4 rings (SSSR count). The highest BCUT2D eigenvalue weighted by atomic mass is 16.5. The van der Waals surface area contributed by atoms with Gasteiger partial charge in [-0.25, -0.2) is 0 Å². The predicted molar refractivity (Wildman–Crippen MR) is 91.4 cm³/mol. The number of fused-ring (bicyclic) bond motifs is 1. The Balaban J connectivity index is 1.66. The molecule has 2 aliphatic rings. The lowest BCUT2D eigenvalue weighted by molar-refractivity contribution is 0.0336. The molecule has 3 heterocycles. The number of hydrogen-bond donors (Lipinski definition) is 1. The number of rotatable bonds is 3. The standard InChI is InChI=1S/C19H18N2O4/c22-16-5-4-14-18(23)17(11-13-3-1-2-6-20-13)25-19(14)15(16)12-21-7-9-24-10-8-21/h1-6,11,22H,7-10,12H2/b17-11-. The van der Waals surface area contributed by atoms with Gasteiger partial charge in [0, 0.05) is 31.9 Å². The molecule has 128 valence electrons. The molecule has 1 aromatic carbocycles. The summed E-state index contributed by atoms with van der Waals surface area (Å²) in [6.07, 6.45) is 3.28. The van der Waals surface area contributed by atoms with Crippen LogP contribution in [0.4, 0.5) is 0 Å². The van der Waals surface area contributed by atoms with Gasteiger partial charge in [0.2, 0.25) is 5.78 Å². The number of ether oxygens (including phenoxy) is 2. The van der Waals surface area contributed by atoms with Crippen molar-refractivity contribution in [3.05, 3.63) is 59.1 Å². The second-order valence-corrected chi connectivity index (χ2v) is 6.02. The Kier molecular flexibility index (Phi) is 4.21. The van der Waals surface area contributed by atoms with Crippen molar-refractivity contribution < 1.29 is 19.4 Å². The lowest BCUT2D eigenvalue weighted by Gasteiger charge is -2.27. The van der Waals surface area contributed by atoms with E-state index in [-0.39, 0.29) is 17.3 Å². The van der Waals surface area contributed by atoms with E-state index in [0.29, 0.717) is 42.3 Å². The maximum absolute atomic E-state index is 12.6. The number of ketones is 1. The van der Waals surface area contributed by atoms with Gasteiger partial charge in [-0.05, 0) is 24.3 Å². The zero-order valence-electron chi connectivity index (χ0n) is 13.6. The molecule has 6 heteroatoms. The summed E-state index contributed by atoms with van der Waals surface area (Å²) in [4.78, 5) is 19.0. The first-order chi connectivity index (χ1) is 12.2. The summed E-state index contributed by atoms with van der Waals surface area (Å²) in [5.74, 6) is 0.613. The van der Waals surface area contributed by atoms with Gasteiger partial charge in [-0.15, -0.1) is 0 Å². The van der Waals surface area contributed by atoms with Crippen LogP contribution >= 0.6 is 0 Å². The van der Waals surface area contributed by atoms with E-state index in [0.717, 1.165) is 13.1 Å². The molecule has 1 aromatic heterocycles. The highest BCUT2D eigenvalue weighted by Crippen LogP contribution is 2.40. The van der Waals surface area contributed by atoms with Gasteiger partial charge < -0.3 is 14.6 Å². The summed E-state index contributed by atoms with van der Waals surface area (Å²) >= 11 is 0. The lowest BCUT2D eigenvalue weighted by atomic mass is 10.0. The first-order valence-corrected chi connectivity index (χ1v) is 8.22. The van der Waals surface area contributed by atoms with E-state index >= 15 is 0 Å². The van der Waals surface area contributed by atoms with Gasteiger partial charge in [0.05, 0.1) is 30.0 Å². The molecule has 2 aromatic rings. The third kappa shape index (κ3) is 3.14. The number of phenolic OH excluding ortho intramolecular Hbond substituents is 1. The number of nitrogens with zero attached hydrogens (tertiary/aromatic N) is 2. The largest absolute Gasteiger partial charge is 0.507 e. The van der Waals surface area contributed by atoms with Crippen molar-refractivity contribution in [2.24, 2.45) is 0 Å². The van der Waals surface area contributed by atoms with Gasteiger partial charge in [-0.1, -0.05) is 6.07 Å². The molecule has 0 atom stereocenters. The molecule has 1 saturated heterocycles. The minimum absolute atomic E-state index is 0.136. The SMILES string of the molecule is O=C1/C(=C/c2ccccn2)Oc2c1ccc(O)c2CN1CCOCC1. The van der Waals surface area contributed by atoms with Crippen LogP contribution in [0.25, 0.3) is 6.08 Å². The molecule has 0 amide bonds. The molecule has 0 radical (unpaired) electrons. The Labute approximate surface area is 145 Å². The number of carbonyl (C=O) groups is 1. The van der Waals surface area contributed by atoms with Gasteiger partial charge in [0.1, 0.15) is 11.5 Å².